The number of aromatic nitrogens is 2. The molecular weight excluding hydrogens is 190 g/mol. The molecule has 0 aliphatic rings. The molecule has 5 heteroatoms. The Labute approximate surface area is 82.0 Å². The van der Waals surface area contributed by atoms with Crippen molar-refractivity contribution >= 4 is 17.4 Å². The van der Waals surface area contributed by atoms with Gasteiger partial charge in [0.25, 0.3) is 0 Å². The highest BCUT2D eigenvalue weighted by atomic mass is 35.5. The van der Waals surface area contributed by atoms with E-state index in [2.05, 4.69) is 15.3 Å². The predicted octanol–water partition coefficient (Wildman–Crippen LogP) is 1.31. The van der Waals surface area contributed by atoms with Gasteiger partial charge < -0.3 is 10.4 Å². The van der Waals surface area contributed by atoms with E-state index in [1.807, 2.05) is 6.92 Å². The number of aliphatic hydroxyl groups is 1. The third kappa shape index (κ3) is 3.16. The molecular formula is C8H12ClN3O. The van der Waals surface area contributed by atoms with Crippen LogP contribution in [0, 0.1) is 0 Å². The zero-order valence-electron chi connectivity index (χ0n) is 7.37. The lowest BCUT2D eigenvalue weighted by atomic mass is 10.2. The molecule has 0 aliphatic carbocycles. The van der Waals surface area contributed by atoms with E-state index in [4.69, 9.17) is 16.7 Å². The highest BCUT2D eigenvalue weighted by Crippen LogP contribution is 2.08. The molecule has 1 aromatic rings. The van der Waals surface area contributed by atoms with Crippen LogP contribution in [-0.4, -0.2) is 27.7 Å². The van der Waals surface area contributed by atoms with Crippen molar-refractivity contribution in [3.63, 3.8) is 0 Å². The van der Waals surface area contributed by atoms with E-state index in [1.54, 1.807) is 12.3 Å². The lowest BCUT2D eigenvalue weighted by Gasteiger charge is -2.13. The van der Waals surface area contributed by atoms with E-state index in [9.17, 15) is 0 Å². The van der Waals surface area contributed by atoms with E-state index in [1.165, 1.54) is 0 Å². The molecule has 1 aromatic heterocycles. The number of rotatable bonds is 4. The molecule has 0 saturated carbocycles. The maximum Gasteiger partial charge on any atom is 0.224 e. The van der Waals surface area contributed by atoms with Gasteiger partial charge in [-0.25, -0.2) is 9.97 Å². The molecule has 1 heterocycles. The second-order valence-electron chi connectivity index (χ2n) is 2.64. The van der Waals surface area contributed by atoms with Crippen molar-refractivity contribution in [1.29, 1.82) is 0 Å². The van der Waals surface area contributed by atoms with Crippen molar-refractivity contribution < 1.29 is 5.11 Å². The number of hydrogen-bond donors (Lipinski definition) is 2. The van der Waals surface area contributed by atoms with Crippen LogP contribution in [0.25, 0.3) is 0 Å². The summed E-state index contributed by atoms with van der Waals surface area (Å²) < 4.78 is 0. The van der Waals surface area contributed by atoms with Gasteiger partial charge in [-0.05, 0) is 24.1 Å². The van der Waals surface area contributed by atoms with Gasteiger partial charge in [0.05, 0.1) is 12.6 Å². The van der Waals surface area contributed by atoms with Gasteiger partial charge >= 0.3 is 0 Å². The largest absolute Gasteiger partial charge is 0.394 e. The first-order valence-corrected chi connectivity index (χ1v) is 4.50. The fourth-order valence-corrected chi connectivity index (χ4v) is 1.05. The zero-order chi connectivity index (χ0) is 9.68. The van der Waals surface area contributed by atoms with Gasteiger partial charge in [-0.1, -0.05) is 6.92 Å². The van der Waals surface area contributed by atoms with Crippen LogP contribution < -0.4 is 5.32 Å². The molecule has 0 saturated heterocycles. The third-order valence-corrected chi connectivity index (χ3v) is 1.87. The fraction of sp³-hybridized carbons (Fsp3) is 0.500. The first-order valence-electron chi connectivity index (χ1n) is 4.12. The van der Waals surface area contributed by atoms with Crippen LogP contribution in [0.3, 0.4) is 0 Å². The molecule has 1 atom stereocenters. The summed E-state index contributed by atoms with van der Waals surface area (Å²) in [7, 11) is 0. The van der Waals surface area contributed by atoms with E-state index in [0.29, 0.717) is 5.82 Å². The maximum atomic E-state index is 8.92. The summed E-state index contributed by atoms with van der Waals surface area (Å²) >= 11 is 5.59. The van der Waals surface area contributed by atoms with Crippen molar-refractivity contribution in [3.8, 4) is 0 Å². The first kappa shape index (κ1) is 10.2. The van der Waals surface area contributed by atoms with Crippen LogP contribution in [0.5, 0.6) is 0 Å². The highest BCUT2D eigenvalue weighted by Gasteiger charge is 2.04. The number of halogens is 1. The van der Waals surface area contributed by atoms with Gasteiger partial charge in [-0.3, -0.25) is 0 Å². The number of nitrogens with one attached hydrogen (secondary N) is 1. The average molecular weight is 202 g/mol. The van der Waals surface area contributed by atoms with E-state index >= 15 is 0 Å². The Morgan fingerprint density at radius 1 is 1.69 bits per heavy atom. The molecule has 4 nitrogen and oxygen atoms in total. The summed E-state index contributed by atoms with van der Waals surface area (Å²) in [5.41, 5.74) is 0. The minimum Gasteiger partial charge on any atom is -0.394 e. The van der Waals surface area contributed by atoms with Crippen molar-refractivity contribution in [2.45, 2.75) is 19.4 Å². The Balaban J connectivity index is 2.62. The Kier molecular flexibility index (Phi) is 3.92. The van der Waals surface area contributed by atoms with Crippen LogP contribution >= 0.6 is 11.6 Å². The Morgan fingerprint density at radius 2 is 2.46 bits per heavy atom. The van der Waals surface area contributed by atoms with Gasteiger partial charge in [0.15, 0.2) is 0 Å². The van der Waals surface area contributed by atoms with Crippen molar-refractivity contribution in [3.05, 3.63) is 17.5 Å². The second kappa shape index (κ2) is 4.99. The van der Waals surface area contributed by atoms with E-state index < -0.39 is 0 Å². The highest BCUT2D eigenvalue weighted by molar-refractivity contribution is 6.28. The van der Waals surface area contributed by atoms with Crippen LogP contribution in [0.2, 0.25) is 5.28 Å². The minimum atomic E-state index is 0.0194. The summed E-state index contributed by atoms with van der Waals surface area (Å²) in [6.07, 6.45) is 2.40. The van der Waals surface area contributed by atoms with Gasteiger partial charge in [-0.15, -0.1) is 0 Å². The third-order valence-electron chi connectivity index (χ3n) is 1.69. The van der Waals surface area contributed by atoms with Crippen LogP contribution in [0.1, 0.15) is 13.3 Å². The summed E-state index contributed by atoms with van der Waals surface area (Å²) in [5, 5.41) is 12.2. The monoisotopic (exact) mass is 201 g/mol. The van der Waals surface area contributed by atoms with Crippen molar-refractivity contribution in [1.82, 2.24) is 9.97 Å². The fourth-order valence-electron chi connectivity index (χ4n) is 0.901. The standard InChI is InChI=1S/C8H12ClN3O/c1-2-6(5-13)11-7-3-4-10-8(9)12-7/h3-4,6,13H,2,5H2,1H3,(H,10,11,12). The SMILES string of the molecule is CCC(CO)Nc1ccnc(Cl)n1. The average Bonchev–Trinajstić information content (AvgIpc) is 2.14. The van der Waals surface area contributed by atoms with Gasteiger partial charge in [-0.2, -0.15) is 0 Å². The Hall–Kier alpha value is -0.870. The predicted molar refractivity (Wildman–Crippen MR) is 51.8 cm³/mol. The zero-order valence-corrected chi connectivity index (χ0v) is 8.12. The molecule has 0 spiro atoms. The second-order valence-corrected chi connectivity index (χ2v) is 2.98. The summed E-state index contributed by atoms with van der Waals surface area (Å²) in [4.78, 5) is 7.69. The maximum absolute atomic E-state index is 8.92. The molecule has 1 unspecified atom stereocenters. The summed E-state index contributed by atoms with van der Waals surface area (Å²) in [6.45, 7) is 2.06. The molecule has 0 bridgehead atoms. The summed E-state index contributed by atoms with van der Waals surface area (Å²) in [6, 6.07) is 1.73. The lowest BCUT2D eigenvalue weighted by molar-refractivity contribution is 0.271. The molecule has 0 aliphatic heterocycles. The van der Waals surface area contributed by atoms with Gasteiger partial charge in [0.1, 0.15) is 5.82 Å². The number of aliphatic hydroxyl groups excluding tert-OH is 1. The smallest absolute Gasteiger partial charge is 0.224 e. The quantitative estimate of drug-likeness (QED) is 0.722. The summed E-state index contributed by atoms with van der Waals surface area (Å²) in [5.74, 6) is 0.640. The van der Waals surface area contributed by atoms with Crippen molar-refractivity contribution in [2.75, 3.05) is 11.9 Å². The number of anilines is 1. The Morgan fingerprint density at radius 3 is 3.00 bits per heavy atom. The van der Waals surface area contributed by atoms with Crippen LogP contribution in [0.4, 0.5) is 5.82 Å². The Bertz CT molecular complexity index is 265. The van der Waals surface area contributed by atoms with E-state index in [0.717, 1.165) is 6.42 Å². The normalized spacial score (nSPS) is 12.5. The lowest BCUT2D eigenvalue weighted by Crippen LogP contribution is -2.23. The molecule has 13 heavy (non-hydrogen) atoms. The van der Waals surface area contributed by atoms with Crippen LogP contribution in [-0.2, 0) is 0 Å². The molecule has 0 aromatic carbocycles. The van der Waals surface area contributed by atoms with Gasteiger partial charge in [0, 0.05) is 6.20 Å². The molecule has 0 fully saturated rings. The van der Waals surface area contributed by atoms with Gasteiger partial charge in [0.2, 0.25) is 5.28 Å². The molecule has 0 amide bonds. The van der Waals surface area contributed by atoms with Crippen molar-refractivity contribution in [2.24, 2.45) is 0 Å². The number of nitrogens with zero attached hydrogens (tertiary/aromatic N) is 2. The minimum absolute atomic E-state index is 0.0194. The molecule has 72 valence electrons. The van der Waals surface area contributed by atoms with Crippen LogP contribution in [0.15, 0.2) is 12.3 Å². The molecule has 0 radical (unpaired) electrons. The molecule has 2 N–H and O–H groups in total. The first-order chi connectivity index (χ1) is 6.26. The van der Waals surface area contributed by atoms with E-state index in [-0.39, 0.29) is 17.9 Å². The molecule has 1 rings (SSSR count). The topological polar surface area (TPSA) is 58.0 Å². The number of hydrogen-bond acceptors (Lipinski definition) is 4.